The molecular weight excluding hydrogens is 474 g/mol. The highest BCUT2D eigenvalue weighted by molar-refractivity contribution is 6.09. The van der Waals surface area contributed by atoms with Crippen LogP contribution in [0.15, 0.2) is 39.5 Å². The van der Waals surface area contributed by atoms with E-state index in [0.717, 1.165) is 43.8 Å². The summed E-state index contributed by atoms with van der Waals surface area (Å²) >= 11 is 0. The van der Waals surface area contributed by atoms with Crippen LogP contribution in [0, 0.1) is 6.92 Å². The lowest BCUT2D eigenvalue weighted by Crippen LogP contribution is -2.39. The summed E-state index contributed by atoms with van der Waals surface area (Å²) in [7, 11) is 0. The van der Waals surface area contributed by atoms with Gasteiger partial charge < -0.3 is 29.6 Å². The molecule has 0 spiro atoms. The molecule has 9 nitrogen and oxygen atoms in total. The summed E-state index contributed by atoms with van der Waals surface area (Å²) in [6.07, 6.45) is 1.65. The number of amides is 1. The van der Waals surface area contributed by atoms with Crippen LogP contribution in [-0.2, 0) is 11.2 Å². The summed E-state index contributed by atoms with van der Waals surface area (Å²) in [5, 5.41) is 16.9. The predicted octanol–water partition coefficient (Wildman–Crippen LogP) is 3.91. The molecule has 0 bridgehead atoms. The lowest BCUT2D eigenvalue weighted by Gasteiger charge is -2.32. The van der Waals surface area contributed by atoms with E-state index in [9.17, 15) is 14.7 Å². The van der Waals surface area contributed by atoms with E-state index in [2.05, 4.69) is 15.5 Å². The van der Waals surface area contributed by atoms with Crippen LogP contribution in [0.5, 0.6) is 11.5 Å². The number of nitrogens with one attached hydrogen (secondary N) is 2. The van der Waals surface area contributed by atoms with Crippen LogP contribution in [0.1, 0.15) is 41.8 Å². The quantitative estimate of drug-likeness (QED) is 0.431. The van der Waals surface area contributed by atoms with Crippen molar-refractivity contribution in [1.82, 2.24) is 4.90 Å². The lowest BCUT2D eigenvalue weighted by molar-refractivity contribution is 0.0398. The molecule has 0 aliphatic carbocycles. The molecule has 2 aliphatic rings. The molecule has 0 saturated carbocycles. The molecule has 1 fully saturated rings. The van der Waals surface area contributed by atoms with Crippen LogP contribution in [0.25, 0.3) is 11.0 Å². The van der Waals surface area contributed by atoms with Crippen molar-refractivity contribution in [1.29, 1.82) is 0 Å². The summed E-state index contributed by atoms with van der Waals surface area (Å²) in [5.41, 5.74) is 1.72. The fraction of sp³-hybridized carbons (Fsp3) is 0.429. The van der Waals surface area contributed by atoms with Crippen molar-refractivity contribution >= 4 is 28.3 Å². The van der Waals surface area contributed by atoms with Gasteiger partial charge in [-0.25, -0.2) is 4.79 Å². The number of phenolic OH excluding ortho intramolecular Hbond substituents is 1. The Morgan fingerprint density at radius 1 is 1.14 bits per heavy atom. The van der Waals surface area contributed by atoms with Gasteiger partial charge in [-0.2, -0.15) is 0 Å². The van der Waals surface area contributed by atoms with Crippen molar-refractivity contribution in [2.75, 3.05) is 50.0 Å². The number of aromatic hydroxyl groups is 1. The summed E-state index contributed by atoms with van der Waals surface area (Å²) in [6.45, 7) is 10.2. The topological polar surface area (TPSA) is 113 Å². The van der Waals surface area contributed by atoms with E-state index >= 15 is 0 Å². The molecule has 1 saturated heterocycles. The van der Waals surface area contributed by atoms with Gasteiger partial charge in [0.15, 0.2) is 5.69 Å². The van der Waals surface area contributed by atoms with E-state index in [1.165, 1.54) is 0 Å². The fourth-order valence-electron chi connectivity index (χ4n) is 4.84. The van der Waals surface area contributed by atoms with E-state index < -0.39 is 11.5 Å². The first-order valence-corrected chi connectivity index (χ1v) is 12.7. The van der Waals surface area contributed by atoms with E-state index in [1.807, 2.05) is 26.0 Å². The second-order valence-electron chi connectivity index (χ2n) is 10.2. The number of phenols is 1. The minimum absolute atomic E-state index is 0.0335. The number of hydrogen-bond acceptors (Lipinski definition) is 8. The van der Waals surface area contributed by atoms with Crippen molar-refractivity contribution in [3.63, 3.8) is 0 Å². The largest absolute Gasteiger partial charge is 0.508 e. The third-order valence-corrected chi connectivity index (χ3v) is 7.07. The van der Waals surface area contributed by atoms with Crippen LogP contribution in [-0.4, -0.2) is 60.9 Å². The molecule has 3 N–H and O–H groups in total. The monoisotopic (exact) mass is 507 g/mol. The average molecular weight is 508 g/mol. The number of hydrogen-bond donors (Lipinski definition) is 3. The van der Waals surface area contributed by atoms with E-state index in [0.29, 0.717) is 42.0 Å². The third-order valence-electron chi connectivity index (χ3n) is 7.07. The van der Waals surface area contributed by atoms with E-state index in [1.54, 1.807) is 25.1 Å². The van der Waals surface area contributed by atoms with Crippen LogP contribution in [0.3, 0.4) is 0 Å². The van der Waals surface area contributed by atoms with Gasteiger partial charge in [0, 0.05) is 42.7 Å². The normalized spacial score (nSPS) is 17.2. The van der Waals surface area contributed by atoms with Crippen LogP contribution < -0.4 is 21.0 Å². The molecule has 3 aromatic rings. The van der Waals surface area contributed by atoms with Gasteiger partial charge in [-0.05, 0) is 69.5 Å². The maximum Gasteiger partial charge on any atom is 0.362 e. The minimum atomic E-state index is -0.688. The number of carbonyl (C=O) groups excluding carboxylic acids is 1. The number of rotatable bonds is 6. The Bertz CT molecular complexity index is 1390. The summed E-state index contributed by atoms with van der Waals surface area (Å²) < 4.78 is 17.0. The Morgan fingerprint density at radius 3 is 2.70 bits per heavy atom. The molecule has 0 radical (unpaired) electrons. The number of carbonyl (C=O) groups is 1. The number of ether oxygens (including phenoxy) is 2. The minimum Gasteiger partial charge on any atom is -0.508 e. The molecule has 3 heterocycles. The zero-order valence-electron chi connectivity index (χ0n) is 21.5. The maximum absolute atomic E-state index is 13.3. The molecule has 2 aromatic carbocycles. The Morgan fingerprint density at radius 2 is 1.92 bits per heavy atom. The highest BCUT2D eigenvalue weighted by atomic mass is 16.5. The Hall–Kier alpha value is -3.56. The zero-order valence-corrected chi connectivity index (χ0v) is 21.5. The Kier molecular flexibility index (Phi) is 6.83. The number of nitrogens with zero attached hydrogens (tertiary/aromatic N) is 1. The number of fused-ring (bicyclic) bond motifs is 2. The van der Waals surface area contributed by atoms with Crippen molar-refractivity contribution in [2.24, 2.45) is 0 Å². The summed E-state index contributed by atoms with van der Waals surface area (Å²) in [5.74, 6) is 0.399. The molecule has 1 aromatic heterocycles. The van der Waals surface area contributed by atoms with Gasteiger partial charge in [-0.1, -0.05) is 0 Å². The average Bonchev–Trinajstić information content (AvgIpc) is 2.88. The first kappa shape index (κ1) is 25.1. The molecule has 1 amide bonds. The van der Waals surface area contributed by atoms with Gasteiger partial charge in [-0.15, -0.1) is 0 Å². The van der Waals surface area contributed by atoms with Gasteiger partial charge in [0.25, 0.3) is 5.91 Å². The maximum atomic E-state index is 13.3. The van der Waals surface area contributed by atoms with Crippen molar-refractivity contribution < 1.29 is 23.8 Å². The number of aryl methyl sites for hydroxylation is 2. The SMILES string of the molecule is Cc1c(O)ccc2c(NCCN3CCOCC3)c(NC(=O)c3ccc4c(c3)CCC(C)(C)O4)c(=O)oc12. The van der Waals surface area contributed by atoms with Gasteiger partial charge in [0.2, 0.25) is 0 Å². The van der Waals surface area contributed by atoms with Gasteiger partial charge >= 0.3 is 5.63 Å². The smallest absolute Gasteiger partial charge is 0.362 e. The van der Waals surface area contributed by atoms with Gasteiger partial charge in [0.05, 0.1) is 18.9 Å². The third kappa shape index (κ3) is 5.28. The second-order valence-corrected chi connectivity index (χ2v) is 10.2. The molecule has 0 atom stereocenters. The standard InChI is InChI=1S/C28H33N3O6/c1-17-21(32)6-5-20-23(29-10-11-31-12-14-35-15-13-31)24(27(34)36-25(17)20)30-26(33)19-4-7-22-18(16-19)8-9-28(2,3)37-22/h4-7,16,29,32H,8-15H2,1-3H3,(H,30,33). The van der Waals surface area contributed by atoms with Gasteiger partial charge in [-0.3, -0.25) is 9.69 Å². The van der Waals surface area contributed by atoms with Crippen molar-refractivity contribution in [2.45, 2.75) is 39.2 Å². The van der Waals surface area contributed by atoms with Crippen molar-refractivity contribution in [3.8, 4) is 11.5 Å². The molecule has 9 heteroatoms. The number of morpholine rings is 1. The molecule has 196 valence electrons. The highest BCUT2D eigenvalue weighted by Crippen LogP contribution is 2.35. The number of anilines is 2. The first-order valence-electron chi connectivity index (χ1n) is 12.7. The first-order chi connectivity index (χ1) is 17.7. The van der Waals surface area contributed by atoms with Gasteiger partial charge in [0.1, 0.15) is 22.7 Å². The van der Waals surface area contributed by atoms with E-state index in [4.69, 9.17) is 13.9 Å². The highest BCUT2D eigenvalue weighted by Gasteiger charge is 2.27. The van der Waals surface area contributed by atoms with E-state index in [-0.39, 0.29) is 22.6 Å². The zero-order chi connectivity index (χ0) is 26.2. The van der Waals surface area contributed by atoms with Crippen LogP contribution in [0.2, 0.25) is 0 Å². The van der Waals surface area contributed by atoms with Crippen LogP contribution >= 0.6 is 0 Å². The second kappa shape index (κ2) is 10.1. The molecule has 0 unspecified atom stereocenters. The summed E-state index contributed by atoms with van der Waals surface area (Å²) in [6, 6.07) is 8.57. The van der Waals surface area contributed by atoms with Crippen molar-refractivity contribution in [3.05, 3.63) is 57.4 Å². The van der Waals surface area contributed by atoms with Crippen LogP contribution in [0.4, 0.5) is 11.4 Å². The Labute approximate surface area is 215 Å². The molecular formula is C28H33N3O6. The molecule has 2 aliphatic heterocycles. The predicted molar refractivity (Wildman–Crippen MR) is 142 cm³/mol. The molecule has 37 heavy (non-hydrogen) atoms. The Balaban J connectivity index is 1.45. The summed E-state index contributed by atoms with van der Waals surface area (Å²) in [4.78, 5) is 28.7. The number of benzene rings is 2. The fourth-order valence-corrected chi connectivity index (χ4v) is 4.84. The lowest BCUT2D eigenvalue weighted by atomic mass is 9.93. The molecule has 5 rings (SSSR count).